The van der Waals surface area contributed by atoms with Crippen LogP contribution >= 0.6 is 0 Å². The number of halogens is 2. The first-order valence-electron chi connectivity index (χ1n) is 4.94. The first-order chi connectivity index (χ1) is 8.90. The second-order valence-electron chi connectivity index (χ2n) is 3.25. The summed E-state index contributed by atoms with van der Waals surface area (Å²) in [7, 11) is 2.44. The first-order valence-corrected chi connectivity index (χ1v) is 4.94. The third-order valence-electron chi connectivity index (χ3n) is 2.16. The van der Waals surface area contributed by atoms with E-state index in [4.69, 9.17) is 0 Å². The summed E-state index contributed by atoms with van der Waals surface area (Å²) in [6, 6.07) is 1.94. The second kappa shape index (κ2) is 5.94. The van der Waals surface area contributed by atoms with E-state index in [2.05, 4.69) is 14.8 Å². The lowest BCUT2D eigenvalue weighted by Crippen LogP contribution is -2.09. The van der Waals surface area contributed by atoms with E-state index in [9.17, 15) is 23.7 Å². The average molecular weight is 276 g/mol. The SMILES string of the molecule is CNc1cc(C(=O)OC)cc(OC(F)F)c1[N+](=O)[O-]. The Hall–Kier alpha value is -2.45. The van der Waals surface area contributed by atoms with E-state index < -0.39 is 28.9 Å². The van der Waals surface area contributed by atoms with Gasteiger partial charge in [0.25, 0.3) is 0 Å². The zero-order chi connectivity index (χ0) is 14.6. The lowest BCUT2D eigenvalue weighted by Gasteiger charge is -2.10. The number of nitro groups is 1. The fourth-order valence-corrected chi connectivity index (χ4v) is 1.41. The van der Waals surface area contributed by atoms with Crippen LogP contribution in [0.5, 0.6) is 5.75 Å². The van der Waals surface area contributed by atoms with Gasteiger partial charge in [-0.1, -0.05) is 0 Å². The van der Waals surface area contributed by atoms with Gasteiger partial charge in [-0.15, -0.1) is 0 Å². The molecule has 0 aliphatic heterocycles. The third kappa shape index (κ3) is 3.27. The van der Waals surface area contributed by atoms with Gasteiger partial charge in [-0.25, -0.2) is 4.79 Å². The van der Waals surface area contributed by atoms with Crippen molar-refractivity contribution in [3.63, 3.8) is 0 Å². The monoisotopic (exact) mass is 276 g/mol. The number of nitrogens with one attached hydrogen (secondary N) is 1. The van der Waals surface area contributed by atoms with Gasteiger partial charge in [0.05, 0.1) is 17.6 Å². The van der Waals surface area contributed by atoms with Crippen LogP contribution in [0.25, 0.3) is 0 Å². The molecule has 9 heteroatoms. The highest BCUT2D eigenvalue weighted by Gasteiger charge is 2.26. The van der Waals surface area contributed by atoms with Gasteiger partial charge >= 0.3 is 18.3 Å². The Morgan fingerprint density at radius 1 is 1.47 bits per heavy atom. The molecule has 0 amide bonds. The normalized spacial score (nSPS) is 10.2. The lowest BCUT2D eigenvalue weighted by atomic mass is 10.1. The van der Waals surface area contributed by atoms with Gasteiger partial charge in [-0.05, 0) is 6.07 Å². The molecule has 0 radical (unpaired) electrons. The van der Waals surface area contributed by atoms with E-state index in [0.29, 0.717) is 0 Å². The fourth-order valence-electron chi connectivity index (χ4n) is 1.41. The van der Waals surface area contributed by atoms with Crippen LogP contribution in [0, 0.1) is 10.1 Å². The molecule has 104 valence electrons. The number of esters is 1. The van der Waals surface area contributed by atoms with Crippen LogP contribution in [0.15, 0.2) is 12.1 Å². The number of anilines is 1. The molecule has 0 saturated heterocycles. The number of nitrogens with zero attached hydrogens (tertiary/aromatic N) is 1. The molecule has 7 nitrogen and oxygen atoms in total. The summed E-state index contributed by atoms with van der Waals surface area (Å²) < 4.78 is 32.9. The number of carbonyl (C=O) groups is 1. The smallest absolute Gasteiger partial charge is 0.387 e. The van der Waals surface area contributed by atoms with Gasteiger partial charge in [0.2, 0.25) is 5.75 Å². The topological polar surface area (TPSA) is 90.7 Å². The molecule has 0 unspecified atom stereocenters. The maximum Gasteiger partial charge on any atom is 0.387 e. The standard InChI is InChI=1S/C10H10F2N2O5/c1-13-6-3-5(9(15)18-2)4-7(19-10(11)12)8(6)14(16)17/h3-4,10,13H,1-2H3. The van der Waals surface area contributed by atoms with Crippen LogP contribution in [-0.2, 0) is 4.74 Å². The summed E-state index contributed by atoms with van der Waals surface area (Å²) in [4.78, 5) is 21.3. The second-order valence-corrected chi connectivity index (χ2v) is 3.25. The third-order valence-corrected chi connectivity index (χ3v) is 2.16. The molecular weight excluding hydrogens is 266 g/mol. The predicted molar refractivity (Wildman–Crippen MR) is 60.6 cm³/mol. The molecule has 0 aliphatic rings. The minimum Gasteiger partial charge on any atom is -0.465 e. The molecule has 0 aliphatic carbocycles. The van der Waals surface area contributed by atoms with Crippen LogP contribution in [0.3, 0.4) is 0 Å². The van der Waals surface area contributed by atoms with E-state index in [1.807, 2.05) is 0 Å². The molecule has 0 spiro atoms. The number of ether oxygens (including phenoxy) is 2. The van der Waals surface area contributed by atoms with E-state index >= 15 is 0 Å². The summed E-state index contributed by atoms with van der Waals surface area (Å²) in [5, 5.41) is 13.3. The molecule has 0 heterocycles. The highest BCUT2D eigenvalue weighted by molar-refractivity contribution is 5.93. The van der Waals surface area contributed by atoms with Crippen molar-refractivity contribution in [1.29, 1.82) is 0 Å². The molecule has 0 saturated carbocycles. The highest BCUT2D eigenvalue weighted by Crippen LogP contribution is 2.37. The molecule has 0 atom stereocenters. The van der Waals surface area contributed by atoms with Crippen molar-refractivity contribution in [2.24, 2.45) is 0 Å². The molecule has 1 aromatic carbocycles. The molecule has 1 aromatic rings. The van der Waals surface area contributed by atoms with Gasteiger partial charge < -0.3 is 14.8 Å². The number of rotatable bonds is 5. The van der Waals surface area contributed by atoms with Gasteiger partial charge in [0, 0.05) is 13.1 Å². The summed E-state index contributed by atoms with van der Waals surface area (Å²) in [5.41, 5.74) is -0.966. The zero-order valence-corrected chi connectivity index (χ0v) is 9.98. The van der Waals surface area contributed by atoms with Crippen molar-refractivity contribution in [1.82, 2.24) is 0 Å². The molecule has 0 bridgehead atoms. The molecule has 0 aromatic heterocycles. The molecule has 19 heavy (non-hydrogen) atoms. The number of hydrogen-bond acceptors (Lipinski definition) is 6. The Morgan fingerprint density at radius 2 is 2.11 bits per heavy atom. The Morgan fingerprint density at radius 3 is 2.53 bits per heavy atom. The molecule has 1 rings (SSSR count). The number of benzene rings is 1. The Kier molecular flexibility index (Phi) is 4.56. The number of carbonyl (C=O) groups excluding carboxylic acids is 1. The molecular formula is C10H10F2N2O5. The van der Waals surface area contributed by atoms with Crippen molar-refractivity contribution >= 4 is 17.3 Å². The zero-order valence-electron chi connectivity index (χ0n) is 9.98. The quantitative estimate of drug-likeness (QED) is 0.502. The van der Waals surface area contributed by atoms with E-state index in [1.165, 1.54) is 7.05 Å². The van der Waals surface area contributed by atoms with Gasteiger partial charge in [0.15, 0.2) is 0 Å². The molecule has 0 fully saturated rings. The van der Waals surface area contributed by atoms with E-state index in [-0.39, 0.29) is 11.3 Å². The Labute approximate surface area is 106 Å². The fraction of sp³-hybridized carbons (Fsp3) is 0.300. The minimum atomic E-state index is -3.25. The van der Waals surface area contributed by atoms with Crippen LogP contribution in [0.1, 0.15) is 10.4 Å². The highest BCUT2D eigenvalue weighted by atomic mass is 19.3. The van der Waals surface area contributed by atoms with Gasteiger partial charge in [0.1, 0.15) is 5.69 Å². The number of alkyl halides is 2. The van der Waals surface area contributed by atoms with Crippen LogP contribution < -0.4 is 10.1 Å². The Balaban J connectivity index is 3.44. The molecule has 1 N–H and O–H groups in total. The van der Waals surface area contributed by atoms with Crippen molar-refractivity contribution in [3.05, 3.63) is 27.8 Å². The minimum absolute atomic E-state index is 0.136. The predicted octanol–water partition coefficient (Wildman–Crippen LogP) is 2.02. The summed E-state index contributed by atoms with van der Waals surface area (Å²) >= 11 is 0. The van der Waals surface area contributed by atoms with Crippen molar-refractivity contribution in [2.45, 2.75) is 6.61 Å². The average Bonchev–Trinajstić information content (AvgIpc) is 2.35. The maximum atomic E-state index is 12.2. The number of nitro benzene ring substituents is 1. The van der Waals surface area contributed by atoms with E-state index in [1.54, 1.807) is 0 Å². The van der Waals surface area contributed by atoms with Crippen molar-refractivity contribution < 1.29 is 28.0 Å². The van der Waals surface area contributed by atoms with E-state index in [0.717, 1.165) is 19.2 Å². The van der Waals surface area contributed by atoms with Crippen LogP contribution in [0.4, 0.5) is 20.2 Å². The van der Waals surface area contributed by atoms with Crippen LogP contribution in [0.2, 0.25) is 0 Å². The number of hydrogen-bond donors (Lipinski definition) is 1. The van der Waals surface area contributed by atoms with Crippen molar-refractivity contribution in [2.75, 3.05) is 19.5 Å². The van der Waals surface area contributed by atoms with Gasteiger partial charge in [-0.2, -0.15) is 8.78 Å². The summed E-state index contributed by atoms with van der Waals surface area (Å²) in [6.45, 7) is -3.25. The Bertz CT molecular complexity index is 507. The first kappa shape index (κ1) is 14.6. The summed E-state index contributed by atoms with van der Waals surface area (Å²) in [5.74, 6) is -1.54. The lowest BCUT2D eigenvalue weighted by molar-refractivity contribution is -0.385. The maximum absolute atomic E-state index is 12.2. The number of methoxy groups -OCH3 is 1. The van der Waals surface area contributed by atoms with Crippen molar-refractivity contribution in [3.8, 4) is 5.75 Å². The van der Waals surface area contributed by atoms with Gasteiger partial charge in [-0.3, -0.25) is 10.1 Å². The van der Waals surface area contributed by atoms with Crippen LogP contribution in [-0.4, -0.2) is 31.7 Å². The summed E-state index contributed by atoms with van der Waals surface area (Å²) in [6.07, 6.45) is 0. The largest absolute Gasteiger partial charge is 0.465 e.